The van der Waals surface area contributed by atoms with Gasteiger partial charge in [-0.15, -0.1) is 0 Å². The van der Waals surface area contributed by atoms with E-state index < -0.39 is 5.91 Å². The molecule has 1 atom stereocenters. The maximum absolute atomic E-state index is 12.2. The summed E-state index contributed by atoms with van der Waals surface area (Å²) in [6, 6.07) is 14.3. The lowest BCUT2D eigenvalue weighted by Gasteiger charge is -2.24. The molecule has 0 aliphatic heterocycles. The van der Waals surface area contributed by atoms with Crippen LogP contribution in [0, 0.1) is 17.2 Å². The fraction of sp³-hybridized carbons (Fsp3) is 0.417. The molecule has 0 aromatic heterocycles. The van der Waals surface area contributed by atoms with Gasteiger partial charge in [0.05, 0.1) is 0 Å². The maximum Gasteiger partial charge on any atom is 0.261 e. The number of carbonyl (C=O) groups is 1. The number of rotatable bonds is 10. The molecule has 0 fully saturated rings. The van der Waals surface area contributed by atoms with E-state index >= 15 is 0 Å². The van der Waals surface area contributed by atoms with Gasteiger partial charge in [0.25, 0.3) is 5.91 Å². The molecule has 2 aromatic rings. The summed E-state index contributed by atoms with van der Waals surface area (Å²) in [6.45, 7) is 8.61. The molecule has 0 saturated heterocycles. The van der Waals surface area contributed by atoms with E-state index in [9.17, 15) is 10.1 Å². The van der Waals surface area contributed by atoms with Crippen molar-refractivity contribution < 1.29 is 9.90 Å². The molecule has 5 nitrogen and oxygen atoms in total. The van der Waals surface area contributed by atoms with Crippen molar-refractivity contribution in [3.8, 4) is 6.07 Å². The molecule has 2 rings (SSSR count). The number of hydrogen-bond donors (Lipinski definition) is 2. The molecular weight excluding hydrogens is 362 g/mol. The lowest BCUT2D eigenvalue weighted by Crippen LogP contribution is -2.30. The van der Waals surface area contributed by atoms with Crippen LogP contribution in [-0.4, -0.2) is 37.3 Å². The summed E-state index contributed by atoms with van der Waals surface area (Å²) in [4.78, 5) is 14.6. The summed E-state index contributed by atoms with van der Waals surface area (Å²) < 4.78 is 0. The molecule has 0 heterocycles. The quantitative estimate of drug-likeness (QED) is 0.470. The van der Waals surface area contributed by atoms with E-state index in [2.05, 4.69) is 42.3 Å². The molecule has 0 radical (unpaired) electrons. The number of aliphatic hydroxyl groups excluding tert-OH is 1. The normalized spacial score (nSPS) is 12.4. The largest absolute Gasteiger partial charge is 0.396 e. The summed E-state index contributed by atoms with van der Waals surface area (Å²) in [7, 11) is 0. The standard InChI is InChI=1S/C24H31N3O2/c1-4-10-27(11-5-2)23-9-8-20-12-19(6-7-21(20)14-23)13-22(15-25)24(29)26-16-18(3)17-28/h6-9,12-14,18,28H,4-5,10-11,16-17H2,1-3H3,(H,26,29)/b22-13+. The predicted molar refractivity (Wildman–Crippen MR) is 120 cm³/mol. The molecule has 154 valence electrons. The van der Waals surface area contributed by atoms with Crippen molar-refractivity contribution in [3.63, 3.8) is 0 Å². The Hall–Kier alpha value is -2.84. The van der Waals surface area contributed by atoms with Crippen LogP contribution in [0.15, 0.2) is 42.0 Å². The molecular formula is C24H31N3O2. The minimum Gasteiger partial charge on any atom is -0.396 e. The second kappa shape index (κ2) is 11.2. The molecule has 2 N–H and O–H groups in total. The number of nitrogens with one attached hydrogen (secondary N) is 1. The zero-order valence-corrected chi connectivity index (χ0v) is 17.6. The van der Waals surface area contributed by atoms with Gasteiger partial charge in [-0.2, -0.15) is 5.26 Å². The monoisotopic (exact) mass is 393 g/mol. The van der Waals surface area contributed by atoms with Crippen molar-refractivity contribution in [1.29, 1.82) is 5.26 Å². The Kier molecular flexibility index (Phi) is 8.69. The Morgan fingerprint density at radius 2 is 1.83 bits per heavy atom. The van der Waals surface area contributed by atoms with Gasteiger partial charge in [-0.05, 0) is 59.4 Å². The lowest BCUT2D eigenvalue weighted by molar-refractivity contribution is -0.117. The zero-order valence-electron chi connectivity index (χ0n) is 17.6. The van der Waals surface area contributed by atoms with E-state index in [1.807, 2.05) is 31.2 Å². The number of fused-ring (bicyclic) bond motifs is 1. The SMILES string of the molecule is CCCN(CCC)c1ccc2cc(/C=C(\C#N)C(=O)NCC(C)CO)ccc2c1. The summed E-state index contributed by atoms with van der Waals surface area (Å²) in [5.74, 6) is -0.466. The summed E-state index contributed by atoms with van der Waals surface area (Å²) in [6.07, 6.45) is 3.82. The third kappa shape index (κ3) is 6.33. The van der Waals surface area contributed by atoms with Crippen LogP contribution in [-0.2, 0) is 4.79 Å². The van der Waals surface area contributed by atoms with E-state index in [1.54, 1.807) is 6.08 Å². The van der Waals surface area contributed by atoms with E-state index in [0.717, 1.165) is 42.3 Å². The van der Waals surface area contributed by atoms with Gasteiger partial charge in [-0.1, -0.05) is 39.0 Å². The Morgan fingerprint density at radius 1 is 1.17 bits per heavy atom. The maximum atomic E-state index is 12.2. The first-order valence-electron chi connectivity index (χ1n) is 10.3. The summed E-state index contributed by atoms with van der Waals surface area (Å²) in [5.41, 5.74) is 2.09. The average molecular weight is 394 g/mol. The van der Waals surface area contributed by atoms with Crippen LogP contribution >= 0.6 is 0 Å². The minimum absolute atomic E-state index is 0.00746. The molecule has 0 spiro atoms. The number of nitrogens with zero attached hydrogens (tertiary/aromatic N) is 2. The highest BCUT2D eigenvalue weighted by molar-refractivity contribution is 6.02. The Morgan fingerprint density at radius 3 is 2.45 bits per heavy atom. The van der Waals surface area contributed by atoms with Gasteiger partial charge in [0.1, 0.15) is 11.6 Å². The van der Waals surface area contributed by atoms with Gasteiger partial charge in [-0.25, -0.2) is 0 Å². The minimum atomic E-state index is -0.419. The molecule has 1 amide bonds. The number of amides is 1. The van der Waals surface area contributed by atoms with Gasteiger partial charge in [0.15, 0.2) is 0 Å². The van der Waals surface area contributed by atoms with E-state index in [0.29, 0.717) is 6.54 Å². The van der Waals surface area contributed by atoms with Crippen LogP contribution in [0.25, 0.3) is 16.8 Å². The van der Waals surface area contributed by atoms with Crippen molar-refractivity contribution in [2.75, 3.05) is 31.1 Å². The fourth-order valence-electron chi connectivity index (χ4n) is 3.19. The van der Waals surface area contributed by atoms with Crippen molar-refractivity contribution in [2.24, 2.45) is 5.92 Å². The third-order valence-electron chi connectivity index (χ3n) is 4.80. The number of carbonyl (C=O) groups excluding carboxylic acids is 1. The first-order chi connectivity index (χ1) is 14.0. The third-order valence-corrected chi connectivity index (χ3v) is 4.80. The Bertz CT molecular complexity index is 893. The van der Waals surface area contributed by atoms with Gasteiger partial charge in [0.2, 0.25) is 0 Å². The van der Waals surface area contributed by atoms with Crippen LogP contribution in [0.2, 0.25) is 0 Å². The zero-order chi connectivity index (χ0) is 21.2. The number of aliphatic hydroxyl groups is 1. The van der Waals surface area contributed by atoms with Crippen molar-refractivity contribution in [1.82, 2.24) is 5.32 Å². The van der Waals surface area contributed by atoms with Crippen LogP contribution < -0.4 is 10.2 Å². The molecule has 5 heteroatoms. The molecule has 2 aromatic carbocycles. The molecule has 0 saturated carbocycles. The highest BCUT2D eigenvalue weighted by atomic mass is 16.3. The van der Waals surface area contributed by atoms with Crippen LogP contribution in [0.1, 0.15) is 39.2 Å². The Labute approximate surface area is 173 Å². The molecule has 0 bridgehead atoms. The fourth-order valence-corrected chi connectivity index (χ4v) is 3.19. The highest BCUT2D eigenvalue weighted by Crippen LogP contribution is 2.24. The van der Waals surface area contributed by atoms with Crippen LogP contribution in [0.3, 0.4) is 0 Å². The van der Waals surface area contributed by atoms with E-state index in [-0.39, 0.29) is 18.1 Å². The number of hydrogen-bond acceptors (Lipinski definition) is 4. The smallest absolute Gasteiger partial charge is 0.261 e. The number of nitriles is 1. The van der Waals surface area contributed by atoms with Gasteiger partial charge < -0.3 is 15.3 Å². The van der Waals surface area contributed by atoms with Gasteiger partial charge in [0, 0.05) is 31.9 Å². The predicted octanol–water partition coefficient (Wildman–Crippen LogP) is 4.12. The number of benzene rings is 2. The second-order valence-electron chi connectivity index (χ2n) is 7.45. The van der Waals surface area contributed by atoms with Crippen molar-refractivity contribution >= 4 is 28.4 Å². The average Bonchev–Trinajstić information content (AvgIpc) is 2.74. The first-order valence-corrected chi connectivity index (χ1v) is 10.3. The van der Waals surface area contributed by atoms with Crippen LogP contribution in [0.4, 0.5) is 5.69 Å². The molecule has 0 aliphatic carbocycles. The summed E-state index contributed by atoms with van der Waals surface area (Å²) >= 11 is 0. The highest BCUT2D eigenvalue weighted by Gasteiger charge is 2.11. The molecule has 0 aliphatic rings. The lowest BCUT2D eigenvalue weighted by atomic mass is 10.0. The van der Waals surface area contributed by atoms with Crippen molar-refractivity contribution in [3.05, 3.63) is 47.5 Å². The second-order valence-corrected chi connectivity index (χ2v) is 7.45. The van der Waals surface area contributed by atoms with Crippen molar-refractivity contribution in [2.45, 2.75) is 33.6 Å². The molecule has 29 heavy (non-hydrogen) atoms. The molecule has 1 unspecified atom stereocenters. The van der Waals surface area contributed by atoms with Gasteiger partial charge in [-0.3, -0.25) is 4.79 Å². The van der Waals surface area contributed by atoms with Gasteiger partial charge >= 0.3 is 0 Å². The topological polar surface area (TPSA) is 76.4 Å². The van der Waals surface area contributed by atoms with E-state index in [4.69, 9.17) is 5.11 Å². The van der Waals surface area contributed by atoms with E-state index in [1.165, 1.54) is 5.69 Å². The summed E-state index contributed by atoms with van der Waals surface area (Å²) in [5, 5.41) is 23.3. The Balaban J connectivity index is 2.24. The first kappa shape index (κ1) is 22.4. The number of anilines is 1. The van der Waals surface area contributed by atoms with Crippen LogP contribution in [0.5, 0.6) is 0 Å².